The first kappa shape index (κ1) is 18.2. The predicted octanol–water partition coefficient (Wildman–Crippen LogP) is 3.09. The van der Waals surface area contributed by atoms with Gasteiger partial charge in [-0.1, -0.05) is 12.5 Å². The molecule has 0 fully saturated rings. The Balaban J connectivity index is 1.75. The summed E-state index contributed by atoms with van der Waals surface area (Å²) in [5.41, 5.74) is 0.370. The monoisotopic (exact) mass is 375 g/mol. The quantitative estimate of drug-likeness (QED) is 0.857. The number of rotatable bonds is 4. The third kappa shape index (κ3) is 4.51. The fourth-order valence-corrected chi connectivity index (χ4v) is 3.80. The summed E-state index contributed by atoms with van der Waals surface area (Å²) >= 11 is 0. The van der Waals surface area contributed by atoms with Crippen molar-refractivity contribution in [2.75, 3.05) is 11.9 Å². The fraction of sp³-hybridized carbons (Fsp3) is 0.333. The SMILES string of the molecule is Cc1ccc(C(=O)Nc2cccc(S(=O)(=O)NC3=NCCCCC3)c2)o1. The Kier molecular flexibility index (Phi) is 5.41. The summed E-state index contributed by atoms with van der Waals surface area (Å²) in [6, 6.07) is 9.34. The smallest absolute Gasteiger partial charge is 0.291 e. The zero-order chi connectivity index (χ0) is 18.6. The highest BCUT2D eigenvalue weighted by molar-refractivity contribution is 7.90. The van der Waals surface area contributed by atoms with Crippen LogP contribution in [0.1, 0.15) is 42.0 Å². The van der Waals surface area contributed by atoms with Gasteiger partial charge in [-0.05, 0) is 50.1 Å². The Hall–Kier alpha value is -2.61. The number of benzene rings is 1. The van der Waals surface area contributed by atoms with Gasteiger partial charge in [-0.2, -0.15) is 0 Å². The van der Waals surface area contributed by atoms with Crippen LogP contribution in [0.5, 0.6) is 0 Å². The summed E-state index contributed by atoms with van der Waals surface area (Å²) in [5, 5.41) is 2.64. The average molecular weight is 375 g/mol. The topological polar surface area (TPSA) is 101 Å². The van der Waals surface area contributed by atoms with Crippen molar-refractivity contribution in [1.29, 1.82) is 0 Å². The molecule has 1 aliphatic rings. The van der Waals surface area contributed by atoms with Crippen LogP contribution in [-0.2, 0) is 10.0 Å². The number of carbonyl (C=O) groups excluding carboxylic acids is 1. The first-order chi connectivity index (χ1) is 12.4. The molecule has 0 saturated heterocycles. The van der Waals surface area contributed by atoms with Crippen molar-refractivity contribution >= 4 is 27.5 Å². The molecule has 26 heavy (non-hydrogen) atoms. The molecule has 0 bridgehead atoms. The maximum absolute atomic E-state index is 12.6. The lowest BCUT2D eigenvalue weighted by molar-refractivity contribution is 0.0995. The van der Waals surface area contributed by atoms with E-state index in [-0.39, 0.29) is 10.7 Å². The number of furan rings is 1. The molecule has 7 nitrogen and oxygen atoms in total. The molecular weight excluding hydrogens is 354 g/mol. The highest BCUT2D eigenvalue weighted by Gasteiger charge is 2.18. The van der Waals surface area contributed by atoms with Crippen LogP contribution in [-0.4, -0.2) is 26.7 Å². The first-order valence-corrected chi connectivity index (χ1v) is 9.96. The summed E-state index contributed by atoms with van der Waals surface area (Å²) < 4.78 is 33.0. The van der Waals surface area contributed by atoms with Crippen LogP contribution >= 0.6 is 0 Å². The van der Waals surface area contributed by atoms with Crippen LogP contribution in [0, 0.1) is 6.92 Å². The van der Waals surface area contributed by atoms with Crippen molar-refractivity contribution in [2.24, 2.45) is 4.99 Å². The Morgan fingerprint density at radius 3 is 2.77 bits per heavy atom. The molecule has 2 heterocycles. The van der Waals surface area contributed by atoms with Gasteiger partial charge in [-0.25, -0.2) is 8.42 Å². The molecule has 1 aromatic carbocycles. The lowest BCUT2D eigenvalue weighted by Crippen LogP contribution is -2.30. The fourth-order valence-electron chi connectivity index (χ4n) is 2.66. The highest BCUT2D eigenvalue weighted by Crippen LogP contribution is 2.18. The first-order valence-electron chi connectivity index (χ1n) is 8.48. The van der Waals surface area contributed by atoms with Gasteiger partial charge in [0, 0.05) is 18.7 Å². The van der Waals surface area contributed by atoms with E-state index in [1.54, 1.807) is 31.2 Å². The number of hydrogen-bond acceptors (Lipinski definition) is 5. The summed E-state index contributed by atoms with van der Waals surface area (Å²) in [4.78, 5) is 16.5. The second kappa shape index (κ2) is 7.74. The zero-order valence-electron chi connectivity index (χ0n) is 14.5. The van der Waals surface area contributed by atoms with Crippen molar-refractivity contribution in [3.63, 3.8) is 0 Å². The number of anilines is 1. The van der Waals surface area contributed by atoms with E-state index in [0.717, 1.165) is 19.3 Å². The van der Waals surface area contributed by atoms with Crippen molar-refractivity contribution in [3.8, 4) is 0 Å². The van der Waals surface area contributed by atoms with E-state index in [1.165, 1.54) is 12.1 Å². The molecule has 0 saturated carbocycles. The number of hydrogen-bond donors (Lipinski definition) is 2. The highest BCUT2D eigenvalue weighted by atomic mass is 32.2. The second-order valence-electron chi connectivity index (χ2n) is 6.14. The van der Waals surface area contributed by atoms with E-state index >= 15 is 0 Å². The van der Waals surface area contributed by atoms with Gasteiger partial charge >= 0.3 is 0 Å². The molecule has 138 valence electrons. The molecule has 0 aliphatic carbocycles. The number of nitrogens with one attached hydrogen (secondary N) is 2. The van der Waals surface area contributed by atoms with Gasteiger partial charge in [0.15, 0.2) is 5.76 Å². The lowest BCUT2D eigenvalue weighted by atomic mass is 10.2. The molecule has 8 heteroatoms. The van der Waals surface area contributed by atoms with Gasteiger partial charge in [0.25, 0.3) is 15.9 Å². The van der Waals surface area contributed by atoms with Crippen LogP contribution < -0.4 is 10.0 Å². The third-order valence-electron chi connectivity index (χ3n) is 3.99. The number of sulfonamides is 1. The van der Waals surface area contributed by atoms with Crippen molar-refractivity contribution < 1.29 is 17.6 Å². The largest absolute Gasteiger partial charge is 0.456 e. The van der Waals surface area contributed by atoms with E-state index in [4.69, 9.17) is 4.42 Å². The molecule has 1 aromatic heterocycles. The molecule has 0 radical (unpaired) electrons. The van der Waals surface area contributed by atoms with Crippen LogP contribution in [0.25, 0.3) is 0 Å². The van der Waals surface area contributed by atoms with Crippen LogP contribution in [0.2, 0.25) is 0 Å². The minimum Gasteiger partial charge on any atom is -0.456 e. The standard InChI is InChI=1S/C18H21N3O4S/c1-13-9-10-16(25-13)18(22)20-14-6-5-7-15(12-14)26(23,24)21-17-8-3-2-4-11-19-17/h5-7,9-10,12H,2-4,8,11H2,1H3,(H,19,21)(H,20,22). The van der Waals surface area contributed by atoms with Crippen molar-refractivity contribution in [3.05, 3.63) is 47.9 Å². The Labute approximate surface area is 152 Å². The van der Waals surface area contributed by atoms with Crippen LogP contribution in [0.3, 0.4) is 0 Å². The van der Waals surface area contributed by atoms with E-state index in [0.29, 0.717) is 30.2 Å². The minimum atomic E-state index is -3.75. The summed E-state index contributed by atoms with van der Waals surface area (Å²) in [6.45, 7) is 2.38. The molecule has 0 atom stereocenters. The molecular formula is C18H21N3O4S. The number of aryl methyl sites for hydroxylation is 1. The van der Waals surface area contributed by atoms with Crippen molar-refractivity contribution in [1.82, 2.24) is 4.72 Å². The molecule has 3 rings (SSSR count). The Morgan fingerprint density at radius 2 is 2.00 bits per heavy atom. The normalized spacial score (nSPS) is 15.0. The Bertz CT molecular complexity index is 931. The zero-order valence-corrected chi connectivity index (χ0v) is 15.3. The van der Waals surface area contributed by atoms with Gasteiger partial charge in [-0.3, -0.25) is 14.5 Å². The van der Waals surface area contributed by atoms with Gasteiger partial charge in [-0.15, -0.1) is 0 Å². The number of carbonyl (C=O) groups is 1. The van der Waals surface area contributed by atoms with Gasteiger partial charge in [0.2, 0.25) is 0 Å². The van der Waals surface area contributed by atoms with Crippen LogP contribution in [0.15, 0.2) is 50.7 Å². The number of amides is 1. The maximum atomic E-state index is 12.6. The molecule has 2 N–H and O–H groups in total. The summed E-state index contributed by atoms with van der Waals surface area (Å²) in [7, 11) is -3.75. The van der Waals surface area contributed by atoms with Gasteiger partial charge in [0.05, 0.1) is 4.90 Å². The van der Waals surface area contributed by atoms with E-state index in [2.05, 4.69) is 15.0 Å². The number of aliphatic imine (C=N–C) groups is 1. The third-order valence-corrected chi connectivity index (χ3v) is 5.37. The van der Waals surface area contributed by atoms with Gasteiger partial charge < -0.3 is 9.73 Å². The van der Waals surface area contributed by atoms with Crippen molar-refractivity contribution in [2.45, 2.75) is 37.5 Å². The second-order valence-corrected chi connectivity index (χ2v) is 7.82. The number of amidine groups is 1. The van der Waals surface area contributed by atoms with E-state index < -0.39 is 15.9 Å². The molecule has 0 unspecified atom stereocenters. The summed E-state index contributed by atoms with van der Waals surface area (Å²) in [6.07, 6.45) is 3.55. The lowest BCUT2D eigenvalue weighted by Gasteiger charge is -2.11. The predicted molar refractivity (Wildman–Crippen MR) is 98.9 cm³/mol. The molecule has 2 aromatic rings. The minimum absolute atomic E-state index is 0.0675. The average Bonchev–Trinajstić information content (AvgIpc) is 2.88. The Morgan fingerprint density at radius 1 is 1.15 bits per heavy atom. The van der Waals surface area contributed by atoms with Crippen LogP contribution in [0.4, 0.5) is 5.69 Å². The summed E-state index contributed by atoms with van der Waals surface area (Å²) in [5.74, 6) is 0.846. The maximum Gasteiger partial charge on any atom is 0.291 e. The van der Waals surface area contributed by atoms with E-state index in [9.17, 15) is 13.2 Å². The molecule has 0 spiro atoms. The molecule has 1 amide bonds. The van der Waals surface area contributed by atoms with E-state index in [1.807, 2.05) is 0 Å². The molecule has 1 aliphatic heterocycles. The number of nitrogens with zero attached hydrogens (tertiary/aromatic N) is 1. The van der Waals surface area contributed by atoms with Gasteiger partial charge in [0.1, 0.15) is 11.6 Å².